The van der Waals surface area contributed by atoms with Crippen LogP contribution in [0.4, 0.5) is 0 Å². The summed E-state index contributed by atoms with van der Waals surface area (Å²) in [6.45, 7) is 24.4. The Kier molecular flexibility index (Phi) is 10.4. The Balaban J connectivity index is 1.97. The predicted octanol–water partition coefficient (Wildman–Crippen LogP) is 7.79. The molecule has 0 atom stereocenters. The third kappa shape index (κ3) is 9.49. The summed E-state index contributed by atoms with van der Waals surface area (Å²) in [5.41, 5.74) is 3.94. The van der Waals surface area contributed by atoms with Gasteiger partial charge in [0, 0.05) is 5.04 Å². The monoisotopic (exact) mass is 570 g/mol. The second kappa shape index (κ2) is 12.4. The lowest BCUT2D eigenvalue weighted by Gasteiger charge is -2.28. The average molecular weight is 571 g/mol. The number of aryl methyl sites for hydroxylation is 2. The van der Waals surface area contributed by atoms with Crippen LogP contribution in [0.5, 0.6) is 11.5 Å². The number of hydrogen-bond acceptors (Lipinski definition) is 7. The Labute approximate surface area is 246 Å². The Morgan fingerprint density at radius 2 is 0.780 bits per heavy atom. The molecule has 7 nitrogen and oxygen atoms in total. The van der Waals surface area contributed by atoms with E-state index in [4.69, 9.17) is 0 Å². The van der Waals surface area contributed by atoms with Crippen molar-refractivity contribution in [3.63, 3.8) is 0 Å². The van der Waals surface area contributed by atoms with Gasteiger partial charge in [-0.3, -0.25) is 9.78 Å². The van der Waals surface area contributed by atoms with E-state index in [1.807, 2.05) is 107 Å². The fourth-order valence-corrected chi connectivity index (χ4v) is 4.63. The summed E-state index contributed by atoms with van der Waals surface area (Å²) in [6, 6.07) is 7.66. The lowest BCUT2D eigenvalue weighted by Crippen LogP contribution is -2.18. The molecule has 0 fully saturated rings. The highest BCUT2D eigenvalue weighted by atomic mass is 17.5. The molecule has 0 bridgehead atoms. The lowest BCUT2D eigenvalue weighted by atomic mass is 9.78. The quantitative estimate of drug-likeness (QED) is 0.247. The number of rotatable bonds is 8. The highest BCUT2D eigenvalue weighted by molar-refractivity contribution is 5.70. The second-order valence-electron chi connectivity index (χ2n) is 15.1. The standard InChI is InChI=1S/C34H50O7/c1-31(2,3)23-17-21(18-24(29(23)37)32(4,5)6)13-15-27(35)39-41-40-28(36)16-14-22-19-25(33(7,8)9)30(38)26(20-22)34(10,11)12/h17-20,37-38H,13-16H2,1-12H3. The molecule has 2 aromatic rings. The lowest BCUT2D eigenvalue weighted by molar-refractivity contribution is -0.459. The Hall–Kier alpha value is -3.06. The molecule has 0 radical (unpaired) electrons. The smallest absolute Gasteiger partial charge is 0.347 e. The van der Waals surface area contributed by atoms with E-state index >= 15 is 0 Å². The van der Waals surface area contributed by atoms with E-state index in [1.165, 1.54) is 0 Å². The van der Waals surface area contributed by atoms with Gasteiger partial charge in [0.2, 0.25) is 0 Å². The van der Waals surface area contributed by atoms with Crippen molar-refractivity contribution < 1.29 is 34.6 Å². The van der Waals surface area contributed by atoms with Gasteiger partial charge in [0.15, 0.2) is 0 Å². The first-order chi connectivity index (χ1) is 18.5. The molecule has 0 unspecified atom stereocenters. The van der Waals surface area contributed by atoms with Crippen molar-refractivity contribution in [2.75, 3.05) is 0 Å². The SMILES string of the molecule is CC(C)(C)c1cc(CCC(=O)OOOC(=O)CCc2cc(C(C)(C)C)c(O)c(C(C)(C)C)c2)cc(C(C)(C)C)c1O. The molecule has 2 N–H and O–H groups in total. The summed E-state index contributed by atoms with van der Waals surface area (Å²) in [7, 11) is 0. The molecular weight excluding hydrogens is 520 g/mol. The van der Waals surface area contributed by atoms with E-state index in [2.05, 4.69) is 14.8 Å². The number of phenolic OH excluding ortho intramolecular Hbond substituents is 2. The van der Waals surface area contributed by atoms with E-state index in [-0.39, 0.29) is 46.0 Å². The van der Waals surface area contributed by atoms with Gasteiger partial charge in [0.25, 0.3) is 0 Å². The predicted molar refractivity (Wildman–Crippen MR) is 161 cm³/mol. The molecule has 0 aliphatic carbocycles. The first kappa shape index (κ1) is 34.1. The van der Waals surface area contributed by atoms with Gasteiger partial charge in [-0.25, -0.2) is 9.59 Å². The largest absolute Gasteiger partial charge is 0.507 e. The average Bonchev–Trinajstić information content (AvgIpc) is 2.79. The van der Waals surface area contributed by atoms with Crippen molar-refractivity contribution >= 4 is 11.9 Å². The topological polar surface area (TPSA) is 102 Å². The van der Waals surface area contributed by atoms with Crippen molar-refractivity contribution in [2.45, 2.75) is 130 Å². The molecule has 41 heavy (non-hydrogen) atoms. The van der Waals surface area contributed by atoms with Crippen LogP contribution in [0, 0.1) is 0 Å². The van der Waals surface area contributed by atoms with Gasteiger partial charge in [0.05, 0.1) is 12.8 Å². The van der Waals surface area contributed by atoms with Crippen LogP contribution < -0.4 is 0 Å². The van der Waals surface area contributed by atoms with Gasteiger partial charge < -0.3 is 10.2 Å². The van der Waals surface area contributed by atoms with Crippen LogP contribution in [0.2, 0.25) is 0 Å². The normalized spacial score (nSPS) is 12.8. The summed E-state index contributed by atoms with van der Waals surface area (Å²) >= 11 is 0. The van der Waals surface area contributed by atoms with Crippen LogP contribution in [0.1, 0.15) is 129 Å². The van der Waals surface area contributed by atoms with Crippen LogP contribution >= 0.6 is 0 Å². The fraction of sp³-hybridized carbons (Fsp3) is 0.588. The van der Waals surface area contributed by atoms with Gasteiger partial charge in [-0.1, -0.05) is 107 Å². The van der Waals surface area contributed by atoms with Crippen molar-refractivity contribution in [3.05, 3.63) is 57.6 Å². The third-order valence-electron chi connectivity index (χ3n) is 7.06. The first-order valence-corrected chi connectivity index (χ1v) is 14.3. The molecule has 0 aromatic heterocycles. The highest BCUT2D eigenvalue weighted by Gasteiger charge is 2.28. The number of hydrogen-bond donors (Lipinski definition) is 2. The molecule has 0 aliphatic rings. The summed E-state index contributed by atoms with van der Waals surface area (Å²) in [5, 5.41) is 26.3. The van der Waals surface area contributed by atoms with Crippen molar-refractivity contribution in [3.8, 4) is 11.5 Å². The molecule has 0 saturated carbocycles. The van der Waals surface area contributed by atoms with Crippen molar-refractivity contribution in [1.82, 2.24) is 0 Å². The van der Waals surface area contributed by atoms with Crippen LogP contribution in [0.25, 0.3) is 0 Å². The van der Waals surface area contributed by atoms with Crippen molar-refractivity contribution in [1.29, 1.82) is 0 Å². The number of carbonyl (C=O) groups excluding carboxylic acids is 2. The van der Waals surface area contributed by atoms with E-state index in [1.54, 1.807) is 0 Å². The van der Waals surface area contributed by atoms with Crippen LogP contribution in [-0.2, 0) is 58.9 Å². The van der Waals surface area contributed by atoms with Gasteiger partial charge >= 0.3 is 11.9 Å². The van der Waals surface area contributed by atoms with Gasteiger partial charge in [0.1, 0.15) is 11.5 Å². The number of phenols is 2. The summed E-state index contributed by atoms with van der Waals surface area (Å²) in [4.78, 5) is 34.0. The maximum Gasteiger partial charge on any atom is 0.347 e. The molecule has 0 saturated heterocycles. The third-order valence-corrected chi connectivity index (χ3v) is 7.06. The molecule has 0 amide bonds. The molecule has 7 heteroatoms. The highest BCUT2D eigenvalue weighted by Crippen LogP contribution is 2.41. The van der Waals surface area contributed by atoms with E-state index in [0.717, 1.165) is 33.4 Å². The molecule has 0 spiro atoms. The molecule has 2 rings (SSSR count). The maximum atomic E-state index is 12.3. The molecule has 0 heterocycles. The van der Waals surface area contributed by atoms with Crippen LogP contribution in [-0.4, -0.2) is 22.2 Å². The van der Waals surface area contributed by atoms with Gasteiger partial charge in [-0.2, -0.15) is 0 Å². The van der Waals surface area contributed by atoms with Gasteiger partial charge in [-0.05, 0) is 67.9 Å². The number of benzene rings is 2. The van der Waals surface area contributed by atoms with Crippen LogP contribution in [0.3, 0.4) is 0 Å². The maximum absolute atomic E-state index is 12.3. The summed E-state index contributed by atoms with van der Waals surface area (Å²) in [5.74, 6) is -0.793. The molecule has 228 valence electrons. The van der Waals surface area contributed by atoms with E-state index in [9.17, 15) is 19.8 Å². The minimum Gasteiger partial charge on any atom is -0.507 e. The Bertz CT molecular complexity index is 1080. The molecule has 2 aromatic carbocycles. The van der Waals surface area contributed by atoms with Gasteiger partial charge in [-0.15, -0.1) is 0 Å². The first-order valence-electron chi connectivity index (χ1n) is 14.3. The molecular formula is C34H50O7. The fourth-order valence-electron chi connectivity index (χ4n) is 4.63. The zero-order chi connectivity index (χ0) is 31.6. The van der Waals surface area contributed by atoms with Crippen LogP contribution in [0.15, 0.2) is 24.3 Å². The minimum atomic E-state index is -0.677. The summed E-state index contributed by atoms with van der Waals surface area (Å²) < 4.78 is 0. The van der Waals surface area contributed by atoms with E-state index in [0.29, 0.717) is 12.8 Å². The number of aromatic hydroxyl groups is 2. The number of carbonyl (C=O) groups is 2. The summed E-state index contributed by atoms with van der Waals surface area (Å²) in [6.07, 6.45) is 0.758. The Morgan fingerprint density at radius 3 is 1.00 bits per heavy atom. The van der Waals surface area contributed by atoms with Crippen molar-refractivity contribution in [2.24, 2.45) is 0 Å². The second-order valence-corrected chi connectivity index (χ2v) is 15.1. The Morgan fingerprint density at radius 1 is 0.537 bits per heavy atom. The minimum absolute atomic E-state index is 0.00810. The zero-order valence-corrected chi connectivity index (χ0v) is 27.1. The zero-order valence-electron chi connectivity index (χ0n) is 27.1. The van der Waals surface area contributed by atoms with E-state index < -0.39 is 11.9 Å². The molecule has 0 aliphatic heterocycles.